The zero-order valence-corrected chi connectivity index (χ0v) is 19.3. The van der Waals surface area contributed by atoms with E-state index in [4.69, 9.17) is 14.2 Å². The van der Waals surface area contributed by atoms with Crippen molar-refractivity contribution in [3.05, 3.63) is 57.8 Å². The van der Waals surface area contributed by atoms with Crippen molar-refractivity contribution in [3.63, 3.8) is 0 Å². The van der Waals surface area contributed by atoms with Gasteiger partial charge in [0.15, 0.2) is 6.61 Å². The Balaban J connectivity index is 1.41. The molecule has 0 bridgehead atoms. The minimum absolute atomic E-state index is 0.339. The Morgan fingerprint density at radius 1 is 1.15 bits per heavy atom. The van der Waals surface area contributed by atoms with Crippen LogP contribution in [0, 0.1) is 0 Å². The lowest BCUT2D eigenvalue weighted by Crippen LogP contribution is -2.28. The quantitative estimate of drug-likeness (QED) is 0.381. The molecule has 0 aliphatic rings. The van der Waals surface area contributed by atoms with Gasteiger partial charge in [0, 0.05) is 21.9 Å². The van der Waals surface area contributed by atoms with Crippen molar-refractivity contribution >= 4 is 50.5 Å². The molecule has 9 nitrogen and oxygen atoms in total. The van der Waals surface area contributed by atoms with Gasteiger partial charge in [0.1, 0.15) is 22.9 Å². The predicted molar refractivity (Wildman–Crippen MR) is 126 cm³/mol. The second-order valence-electron chi connectivity index (χ2n) is 6.76. The Hall–Kier alpha value is -3.70. The molecule has 0 radical (unpaired) electrons. The topological polar surface area (TPSA) is 109 Å². The van der Waals surface area contributed by atoms with E-state index < -0.39 is 18.5 Å². The number of ether oxygens (including phenoxy) is 3. The SMILES string of the molecule is COc1ccc(NC(=O)COC(=O)Cn2cnc3scc(-c4cccs4)c3c2=O)c(OC)c1. The van der Waals surface area contributed by atoms with Crippen LogP contribution >= 0.6 is 22.7 Å². The number of benzene rings is 1. The molecule has 33 heavy (non-hydrogen) atoms. The molecule has 1 aromatic carbocycles. The van der Waals surface area contributed by atoms with Crippen molar-refractivity contribution in [2.75, 3.05) is 26.1 Å². The van der Waals surface area contributed by atoms with Crippen LogP contribution in [-0.2, 0) is 20.9 Å². The van der Waals surface area contributed by atoms with Gasteiger partial charge in [-0.3, -0.25) is 19.0 Å². The van der Waals surface area contributed by atoms with Crippen LogP contribution in [0.4, 0.5) is 5.69 Å². The first-order valence-electron chi connectivity index (χ1n) is 9.68. The van der Waals surface area contributed by atoms with E-state index in [9.17, 15) is 14.4 Å². The van der Waals surface area contributed by atoms with E-state index >= 15 is 0 Å². The van der Waals surface area contributed by atoms with Crippen molar-refractivity contribution in [2.45, 2.75) is 6.54 Å². The Morgan fingerprint density at radius 3 is 2.73 bits per heavy atom. The Morgan fingerprint density at radius 2 is 2.00 bits per heavy atom. The van der Waals surface area contributed by atoms with Crippen LogP contribution in [0.25, 0.3) is 20.7 Å². The number of anilines is 1. The van der Waals surface area contributed by atoms with Gasteiger partial charge >= 0.3 is 5.97 Å². The maximum Gasteiger partial charge on any atom is 0.326 e. The summed E-state index contributed by atoms with van der Waals surface area (Å²) < 4.78 is 16.6. The second kappa shape index (κ2) is 9.84. The van der Waals surface area contributed by atoms with E-state index in [0.29, 0.717) is 27.4 Å². The van der Waals surface area contributed by atoms with Gasteiger partial charge in [0.25, 0.3) is 11.5 Å². The zero-order valence-electron chi connectivity index (χ0n) is 17.7. The summed E-state index contributed by atoms with van der Waals surface area (Å²) in [6, 6.07) is 8.72. The van der Waals surface area contributed by atoms with E-state index in [2.05, 4.69) is 10.3 Å². The normalized spacial score (nSPS) is 10.7. The molecule has 0 aliphatic carbocycles. The summed E-state index contributed by atoms with van der Waals surface area (Å²) >= 11 is 2.89. The number of carbonyl (C=O) groups excluding carboxylic acids is 2. The van der Waals surface area contributed by atoms with Crippen LogP contribution in [0.15, 0.2) is 52.2 Å². The average Bonchev–Trinajstić information content (AvgIpc) is 3.50. The summed E-state index contributed by atoms with van der Waals surface area (Å²) in [5.41, 5.74) is 0.857. The van der Waals surface area contributed by atoms with Gasteiger partial charge in [0.2, 0.25) is 0 Å². The number of aromatic nitrogens is 2. The van der Waals surface area contributed by atoms with Crippen LogP contribution in [0.3, 0.4) is 0 Å². The van der Waals surface area contributed by atoms with Gasteiger partial charge in [-0.25, -0.2) is 4.98 Å². The summed E-state index contributed by atoms with van der Waals surface area (Å²) in [4.78, 5) is 43.3. The van der Waals surface area contributed by atoms with E-state index in [1.165, 1.54) is 47.8 Å². The molecule has 1 N–H and O–H groups in total. The highest BCUT2D eigenvalue weighted by Crippen LogP contribution is 2.33. The van der Waals surface area contributed by atoms with Crippen molar-refractivity contribution in [1.82, 2.24) is 9.55 Å². The third-order valence-corrected chi connectivity index (χ3v) is 6.48. The van der Waals surface area contributed by atoms with Crippen LogP contribution in [0.5, 0.6) is 11.5 Å². The maximum absolute atomic E-state index is 13.0. The molecule has 0 aliphatic heterocycles. The van der Waals surface area contributed by atoms with Gasteiger partial charge in [-0.1, -0.05) is 6.07 Å². The first-order chi connectivity index (χ1) is 16.0. The molecule has 0 fully saturated rings. The number of methoxy groups -OCH3 is 2. The number of thiophene rings is 2. The van der Waals surface area contributed by atoms with E-state index in [1.807, 2.05) is 22.9 Å². The number of nitrogens with zero attached hydrogens (tertiary/aromatic N) is 2. The number of hydrogen-bond acceptors (Lipinski definition) is 9. The molecule has 0 saturated heterocycles. The molecule has 0 unspecified atom stereocenters. The minimum Gasteiger partial charge on any atom is -0.497 e. The molecule has 3 heterocycles. The highest BCUT2D eigenvalue weighted by molar-refractivity contribution is 7.18. The minimum atomic E-state index is -0.733. The van der Waals surface area contributed by atoms with Crippen LogP contribution in [0.1, 0.15) is 0 Å². The first-order valence-corrected chi connectivity index (χ1v) is 11.4. The van der Waals surface area contributed by atoms with E-state index in [0.717, 1.165) is 10.4 Å². The zero-order chi connectivity index (χ0) is 23.4. The summed E-state index contributed by atoms with van der Waals surface area (Å²) in [6.45, 7) is -0.877. The van der Waals surface area contributed by atoms with Crippen LogP contribution in [-0.4, -0.2) is 42.3 Å². The van der Waals surface area contributed by atoms with Gasteiger partial charge in [-0.05, 0) is 23.6 Å². The predicted octanol–water partition coefficient (Wildman–Crippen LogP) is 3.39. The van der Waals surface area contributed by atoms with Gasteiger partial charge in [0.05, 0.1) is 31.6 Å². The van der Waals surface area contributed by atoms with Gasteiger partial charge in [-0.15, -0.1) is 22.7 Å². The third-order valence-electron chi connectivity index (χ3n) is 4.69. The fraction of sp³-hybridized carbons (Fsp3) is 0.182. The summed E-state index contributed by atoms with van der Waals surface area (Å²) in [7, 11) is 2.98. The molecule has 0 spiro atoms. The molecule has 1 amide bonds. The summed E-state index contributed by atoms with van der Waals surface area (Å²) in [6.07, 6.45) is 1.31. The van der Waals surface area contributed by atoms with Crippen molar-refractivity contribution in [2.24, 2.45) is 0 Å². The fourth-order valence-corrected chi connectivity index (χ4v) is 4.83. The number of hydrogen-bond donors (Lipinski definition) is 1. The number of esters is 1. The Kier molecular flexibility index (Phi) is 6.71. The number of rotatable bonds is 8. The van der Waals surface area contributed by atoms with Crippen molar-refractivity contribution in [1.29, 1.82) is 0 Å². The largest absolute Gasteiger partial charge is 0.497 e. The summed E-state index contributed by atoms with van der Waals surface area (Å²) in [5, 5.41) is 6.88. The third kappa shape index (κ3) is 4.89. The molecular formula is C22H19N3O6S2. The van der Waals surface area contributed by atoms with E-state index in [-0.39, 0.29) is 12.1 Å². The molecule has 0 atom stereocenters. The molecule has 3 aromatic heterocycles. The molecule has 11 heteroatoms. The first kappa shape index (κ1) is 22.5. The Bertz CT molecular complexity index is 1360. The lowest BCUT2D eigenvalue weighted by atomic mass is 10.2. The Labute approximate surface area is 196 Å². The van der Waals surface area contributed by atoms with E-state index in [1.54, 1.807) is 18.2 Å². The highest BCUT2D eigenvalue weighted by atomic mass is 32.1. The van der Waals surface area contributed by atoms with Gasteiger partial charge in [-0.2, -0.15) is 0 Å². The number of fused-ring (bicyclic) bond motifs is 1. The monoisotopic (exact) mass is 485 g/mol. The van der Waals surface area contributed by atoms with Crippen molar-refractivity contribution in [3.8, 4) is 21.9 Å². The second-order valence-corrected chi connectivity index (χ2v) is 8.57. The standard InChI is InChI=1S/C22H19N3O6S2/c1-29-13-5-6-15(16(8-13)30-2)24-18(26)10-31-19(27)9-25-12-23-21-20(22(25)28)14(11-33-21)17-4-3-7-32-17/h3-8,11-12H,9-10H2,1-2H3,(H,24,26). The molecule has 0 saturated carbocycles. The number of carbonyl (C=O) groups is 2. The number of nitrogens with one attached hydrogen (secondary N) is 1. The number of amides is 1. The smallest absolute Gasteiger partial charge is 0.326 e. The molecule has 4 aromatic rings. The maximum atomic E-state index is 13.0. The van der Waals surface area contributed by atoms with Crippen molar-refractivity contribution < 1.29 is 23.8 Å². The average molecular weight is 486 g/mol. The van der Waals surface area contributed by atoms with Gasteiger partial charge < -0.3 is 19.5 Å². The fourth-order valence-electron chi connectivity index (χ4n) is 3.11. The van der Waals surface area contributed by atoms with Crippen LogP contribution in [0.2, 0.25) is 0 Å². The summed E-state index contributed by atoms with van der Waals surface area (Å²) in [5.74, 6) is -0.314. The molecule has 170 valence electrons. The molecular weight excluding hydrogens is 466 g/mol. The van der Waals surface area contributed by atoms with Crippen LogP contribution < -0.4 is 20.3 Å². The lowest BCUT2D eigenvalue weighted by Gasteiger charge is -2.12. The molecule has 4 rings (SSSR count). The lowest BCUT2D eigenvalue weighted by molar-refractivity contribution is -0.147. The highest BCUT2D eigenvalue weighted by Gasteiger charge is 2.17.